The highest BCUT2D eigenvalue weighted by atomic mass is 19.4. The molecular formula is C23H23F3N6. The van der Waals surface area contributed by atoms with E-state index in [0.29, 0.717) is 36.0 Å². The molecule has 1 aliphatic rings. The molecule has 3 aromatic heterocycles. The van der Waals surface area contributed by atoms with Gasteiger partial charge >= 0.3 is 6.18 Å². The number of hydrogen-bond acceptors (Lipinski definition) is 5. The highest BCUT2D eigenvalue weighted by Gasteiger charge is 2.36. The molecule has 5 rings (SSSR count). The van der Waals surface area contributed by atoms with Crippen molar-refractivity contribution in [3.63, 3.8) is 0 Å². The average Bonchev–Trinajstić information content (AvgIpc) is 3.23. The van der Waals surface area contributed by atoms with Gasteiger partial charge in [-0.25, -0.2) is 9.97 Å². The molecule has 1 fully saturated rings. The number of pyridine rings is 2. The molecule has 0 amide bonds. The first kappa shape index (κ1) is 20.3. The van der Waals surface area contributed by atoms with Crippen molar-refractivity contribution >= 4 is 22.5 Å². The van der Waals surface area contributed by atoms with Crippen LogP contribution in [0.1, 0.15) is 19.8 Å². The summed E-state index contributed by atoms with van der Waals surface area (Å²) in [6.07, 6.45) is -1.25. The minimum Gasteiger partial charge on any atom is -0.382 e. The van der Waals surface area contributed by atoms with E-state index in [4.69, 9.17) is 0 Å². The van der Waals surface area contributed by atoms with E-state index in [1.807, 2.05) is 35.2 Å². The molecule has 166 valence electrons. The lowest BCUT2D eigenvalue weighted by atomic mass is 10.0. The number of para-hydroxylation sites is 1. The van der Waals surface area contributed by atoms with Crippen LogP contribution in [0.15, 0.2) is 60.8 Å². The molecule has 1 aromatic carbocycles. The fourth-order valence-corrected chi connectivity index (χ4v) is 4.10. The van der Waals surface area contributed by atoms with E-state index in [1.165, 1.54) is 6.07 Å². The van der Waals surface area contributed by atoms with Crippen LogP contribution in [0, 0.1) is 0 Å². The summed E-state index contributed by atoms with van der Waals surface area (Å²) >= 11 is 0. The number of rotatable bonds is 4. The van der Waals surface area contributed by atoms with E-state index in [9.17, 15) is 13.2 Å². The maximum Gasteiger partial charge on any atom is 0.418 e. The smallest absolute Gasteiger partial charge is 0.382 e. The lowest BCUT2D eigenvalue weighted by molar-refractivity contribution is -0.137. The SMILES string of the molecule is FC(F)(F)c1ccc(N2CCC(Nc3ccccc3)CC2)nc1-c1[nH]nc2ncccc12.[HH]. The Hall–Kier alpha value is -3.62. The molecule has 32 heavy (non-hydrogen) atoms. The van der Waals surface area contributed by atoms with Crippen LogP contribution in [0.5, 0.6) is 0 Å². The number of fused-ring (bicyclic) bond motifs is 1. The van der Waals surface area contributed by atoms with Gasteiger partial charge < -0.3 is 10.2 Å². The number of H-pyrrole nitrogens is 1. The molecule has 1 saturated heterocycles. The molecule has 0 saturated carbocycles. The number of aromatic amines is 1. The number of anilines is 2. The van der Waals surface area contributed by atoms with Gasteiger partial charge in [-0.15, -0.1) is 0 Å². The summed E-state index contributed by atoms with van der Waals surface area (Å²) < 4.78 is 41.3. The van der Waals surface area contributed by atoms with Gasteiger partial charge in [-0.1, -0.05) is 18.2 Å². The summed E-state index contributed by atoms with van der Waals surface area (Å²) in [6.45, 7) is 1.40. The van der Waals surface area contributed by atoms with Crippen molar-refractivity contribution in [3.05, 3.63) is 66.4 Å². The normalized spacial score (nSPS) is 15.3. The zero-order chi connectivity index (χ0) is 22.1. The second-order valence-electron chi connectivity index (χ2n) is 7.81. The summed E-state index contributed by atoms with van der Waals surface area (Å²) in [5, 5.41) is 10.8. The summed E-state index contributed by atoms with van der Waals surface area (Å²) in [6, 6.07) is 16.2. The largest absolute Gasteiger partial charge is 0.418 e. The molecular weight excluding hydrogens is 417 g/mol. The summed E-state index contributed by atoms with van der Waals surface area (Å²) in [4.78, 5) is 10.6. The monoisotopic (exact) mass is 440 g/mol. The minimum atomic E-state index is -4.53. The Kier molecular flexibility index (Phi) is 5.16. The van der Waals surface area contributed by atoms with Crippen molar-refractivity contribution in [1.29, 1.82) is 0 Å². The third-order valence-electron chi connectivity index (χ3n) is 5.72. The summed E-state index contributed by atoms with van der Waals surface area (Å²) in [7, 11) is 0. The number of piperidine rings is 1. The highest BCUT2D eigenvalue weighted by molar-refractivity contribution is 5.90. The van der Waals surface area contributed by atoms with Gasteiger partial charge in [0.1, 0.15) is 11.5 Å². The average molecular weight is 440 g/mol. The van der Waals surface area contributed by atoms with Gasteiger partial charge in [0, 0.05) is 37.8 Å². The van der Waals surface area contributed by atoms with Crippen molar-refractivity contribution in [3.8, 4) is 11.4 Å². The molecule has 2 N–H and O–H groups in total. The Labute approximate surface area is 184 Å². The van der Waals surface area contributed by atoms with Crippen LogP contribution in [0.3, 0.4) is 0 Å². The second-order valence-corrected chi connectivity index (χ2v) is 7.81. The predicted molar refractivity (Wildman–Crippen MR) is 120 cm³/mol. The van der Waals surface area contributed by atoms with Gasteiger partial charge in [-0.05, 0) is 49.2 Å². The minimum absolute atomic E-state index is 0. The molecule has 4 aromatic rings. The maximum absolute atomic E-state index is 13.8. The first-order valence-electron chi connectivity index (χ1n) is 10.4. The van der Waals surface area contributed by atoms with E-state index < -0.39 is 11.7 Å². The van der Waals surface area contributed by atoms with E-state index in [2.05, 4.69) is 25.5 Å². The van der Waals surface area contributed by atoms with E-state index in [0.717, 1.165) is 24.6 Å². The molecule has 4 heterocycles. The van der Waals surface area contributed by atoms with Crippen LogP contribution in [0.25, 0.3) is 22.4 Å². The van der Waals surface area contributed by atoms with Gasteiger partial charge in [0.15, 0.2) is 5.65 Å². The van der Waals surface area contributed by atoms with Crippen LogP contribution in [0.4, 0.5) is 24.7 Å². The maximum atomic E-state index is 13.8. The number of hydrogen-bond donors (Lipinski definition) is 2. The van der Waals surface area contributed by atoms with Crippen molar-refractivity contribution in [1.82, 2.24) is 20.2 Å². The van der Waals surface area contributed by atoms with Gasteiger partial charge in [-0.2, -0.15) is 18.3 Å². The summed E-state index contributed by atoms with van der Waals surface area (Å²) in [5.74, 6) is 0.526. The number of aromatic nitrogens is 4. The van der Waals surface area contributed by atoms with Gasteiger partial charge in [0.2, 0.25) is 0 Å². The van der Waals surface area contributed by atoms with Crippen molar-refractivity contribution in [2.24, 2.45) is 0 Å². The molecule has 0 unspecified atom stereocenters. The first-order valence-corrected chi connectivity index (χ1v) is 10.4. The molecule has 0 atom stereocenters. The highest BCUT2D eigenvalue weighted by Crippen LogP contribution is 2.38. The molecule has 0 spiro atoms. The Bertz CT molecular complexity index is 1220. The molecule has 0 radical (unpaired) electrons. The number of nitrogens with zero attached hydrogens (tertiary/aromatic N) is 4. The Morgan fingerprint density at radius 1 is 1.00 bits per heavy atom. The van der Waals surface area contributed by atoms with Gasteiger partial charge in [0.25, 0.3) is 0 Å². The first-order chi connectivity index (χ1) is 15.5. The fourth-order valence-electron chi connectivity index (χ4n) is 4.10. The Morgan fingerprint density at radius 2 is 1.78 bits per heavy atom. The quantitative estimate of drug-likeness (QED) is 0.447. The number of halogens is 3. The molecule has 6 nitrogen and oxygen atoms in total. The van der Waals surface area contributed by atoms with Crippen molar-refractivity contribution in [2.75, 3.05) is 23.3 Å². The fraction of sp³-hybridized carbons (Fsp3) is 0.261. The summed E-state index contributed by atoms with van der Waals surface area (Å²) in [5.41, 5.74) is 0.700. The lowest BCUT2D eigenvalue weighted by Gasteiger charge is -2.34. The third kappa shape index (κ3) is 3.98. The standard InChI is InChI=1S/C23H21F3N6.H2/c24-23(25,26)18-8-9-19(29-21(18)20-17-7-4-12-27-22(17)31-30-20)32-13-10-16(11-14-32)28-15-5-2-1-3-6-15;/h1-9,12,16,28H,10-11,13-14H2,(H,27,30,31);1H. The number of alkyl halides is 3. The zero-order valence-electron chi connectivity index (χ0n) is 17.1. The molecule has 0 aliphatic carbocycles. The van der Waals surface area contributed by atoms with E-state index in [-0.39, 0.29) is 12.8 Å². The van der Waals surface area contributed by atoms with Crippen LogP contribution in [0.2, 0.25) is 0 Å². The molecule has 9 heteroatoms. The topological polar surface area (TPSA) is 69.7 Å². The van der Waals surface area contributed by atoms with E-state index >= 15 is 0 Å². The van der Waals surface area contributed by atoms with Crippen LogP contribution in [-0.4, -0.2) is 39.3 Å². The van der Waals surface area contributed by atoms with Crippen molar-refractivity contribution < 1.29 is 14.6 Å². The molecule has 1 aliphatic heterocycles. The number of benzene rings is 1. The van der Waals surface area contributed by atoms with Gasteiger partial charge in [-0.3, -0.25) is 5.10 Å². The Morgan fingerprint density at radius 3 is 2.53 bits per heavy atom. The lowest BCUT2D eigenvalue weighted by Crippen LogP contribution is -2.39. The zero-order valence-corrected chi connectivity index (χ0v) is 17.1. The van der Waals surface area contributed by atoms with Crippen LogP contribution < -0.4 is 10.2 Å². The number of nitrogens with one attached hydrogen (secondary N) is 2. The van der Waals surface area contributed by atoms with Crippen molar-refractivity contribution in [2.45, 2.75) is 25.1 Å². The Balaban J connectivity index is 0.00000259. The third-order valence-corrected chi connectivity index (χ3v) is 5.72. The second kappa shape index (κ2) is 8.14. The molecule has 0 bridgehead atoms. The van der Waals surface area contributed by atoms with Crippen LogP contribution >= 0.6 is 0 Å². The van der Waals surface area contributed by atoms with Gasteiger partial charge in [0.05, 0.1) is 11.3 Å². The van der Waals surface area contributed by atoms with Crippen LogP contribution in [-0.2, 0) is 6.18 Å². The van der Waals surface area contributed by atoms with E-state index in [1.54, 1.807) is 18.3 Å². The predicted octanol–water partition coefficient (Wildman–Crippen LogP) is 5.37.